The Labute approximate surface area is 106 Å². The van der Waals surface area contributed by atoms with E-state index >= 15 is 0 Å². The van der Waals surface area contributed by atoms with E-state index < -0.39 is 10.7 Å². The van der Waals surface area contributed by atoms with Crippen molar-refractivity contribution in [2.45, 2.75) is 19.4 Å². The van der Waals surface area contributed by atoms with Crippen molar-refractivity contribution in [3.63, 3.8) is 0 Å². The molecule has 1 aromatic carbocycles. The fourth-order valence-electron chi connectivity index (χ4n) is 1.30. The molecule has 0 radical (unpaired) electrons. The number of benzene rings is 1. The van der Waals surface area contributed by atoms with Crippen LogP contribution < -0.4 is 5.32 Å². The molecule has 4 nitrogen and oxygen atoms in total. The maximum atomic E-state index is 13.3. The van der Waals surface area contributed by atoms with Gasteiger partial charge in [0.1, 0.15) is 11.5 Å². The maximum Gasteiger partial charge on any atom is 0.293 e. The molecule has 0 aliphatic heterocycles. The molecule has 0 bridgehead atoms. The number of hydrogen-bond donors (Lipinski definition) is 1. The highest BCUT2D eigenvalue weighted by molar-refractivity contribution is 9.10. The van der Waals surface area contributed by atoms with Crippen molar-refractivity contribution in [1.29, 1.82) is 0 Å². The topological polar surface area (TPSA) is 55.2 Å². The first-order valence-electron chi connectivity index (χ1n) is 4.79. The minimum absolute atomic E-state index is 0.0550. The molecule has 0 saturated heterocycles. The van der Waals surface area contributed by atoms with Crippen LogP contribution in [0.25, 0.3) is 0 Å². The van der Waals surface area contributed by atoms with E-state index in [0.717, 1.165) is 12.1 Å². The molecule has 0 heterocycles. The summed E-state index contributed by atoms with van der Waals surface area (Å²) in [6.07, 6.45) is 5.53. The monoisotopic (exact) mass is 300 g/mol. The van der Waals surface area contributed by atoms with Crippen LogP contribution in [0, 0.1) is 28.3 Å². The number of nitrogens with zero attached hydrogens (tertiary/aromatic N) is 1. The number of nitro benzene ring substituents is 1. The van der Waals surface area contributed by atoms with Crippen LogP contribution in [-0.2, 0) is 0 Å². The summed E-state index contributed by atoms with van der Waals surface area (Å²) in [5.41, 5.74) is -0.0689. The first kappa shape index (κ1) is 13.5. The van der Waals surface area contributed by atoms with Crippen LogP contribution in [0.1, 0.15) is 13.3 Å². The Balaban J connectivity index is 3.09. The van der Waals surface area contributed by atoms with Crippen LogP contribution in [0.4, 0.5) is 15.8 Å². The van der Waals surface area contributed by atoms with Gasteiger partial charge < -0.3 is 5.32 Å². The van der Waals surface area contributed by atoms with Crippen LogP contribution in [-0.4, -0.2) is 11.0 Å². The summed E-state index contributed by atoms with van der Waals surface area (Å²) in [7, 11) is 0. The Morgan fingerprint density at radius 2 is 2.35 bits per heavy atom. The number of anilines is 1. The van der Waals surface area contributed by atoms with Gasteiger partial charge in [-0.05, 0) is 22.9 Å². The minimum atomic E-state index is -0.574. The summed E-state index contributed by atoms with van der Waals surface area (Å²) in [6.45, 7) is 1.77. The predicted octanol–water partition coefficient (Wildman–Crippen LogP) is 3.32. The third-order valence-electron chi connectivity index (χ3n) is 2.06. The van der Waals surface area contributed by atoms with Crippen LogP contribution in [0.2, 0.25) is 0 Å². The smallest absolute Gasteiger partial charge is 0.293 e. The molecule has 0 aliphatic carbocycles. The van der Waals surface area contributed by atoms with Crippen LogP contribution in [0.15, 0.2) is 16.6 Å². The molecule has 6 heteroatoms. The molecule has 0 aromatic heterocycles. The molecule has 90 valence electrons. The zero-order chi connectivity index (χ0) is 13.0. The SMILES string of the molecule is C#CCC(C)Nc1cc(F)c(Br)cc1[N+](=O)[O-]. The summed E-state index contributed by atoms with van der Waals surface area (Å²) >= 11 is 2.91. The van der Waals surface area contributed by atoms with Gasteiger partial charge in [0.05, 0.1) is 9.40 Å². The van der Waals surface area contributed by atoms with E-state index in [1.54, 1.807) is 6.92 Å². The van der Waals surface area contributed by atoms with Gasteiger partial charge in [-0.2, -0.15) is 0 Å². The van der Waals surface area contributed by atoms with Gasteiger partial charge >= 0.3 is 0 Å². The predicted molar refractivity (Wildman–Crippen MR) is 67.3 cm³/mol. The minimum Gasteiger partial charge on any atom is -0.376 e. The van der Waals surface area contributed by atoms with Gasteiger partial charge in [-0.25, -0.2) is 4.39 Å². The molecular weight excluding hydrogens is 291 g/mol. The van der Waals surface area contributed by atoms with Crippen molar-refractivity contribution in [2.75, 3.05) is 5.32 Å². The van der Waals surface area contributed by atoms with Crippen molar-refractivity contribution in [3.8, 4) is 12.3 Å². The van der Waals surface area contributed by atoms with E-state index in [-0.39, 0.29) is 21.9 Å². The largest absolute Gasteiger partial charge is 0.376 e. The molecule has 1 atom stereocenters. The highest BCUT2D eigenvalue weighted by atomic mass is 79.9. The second-order valence-corrected chi connectivity index (χ2v) is 4.35. The van der Waals surface area contributed by atoms with Gasteiger partial charge in [0, 0.05) is 24.6 Å². The lowest BCUT2D eigenvalue weighted by atomic mass is 10.2. The van der Waals surface area contributed by atoms with Gasteiger partial charge in [-0.3, -0.25) is 10.1 Å². The van der Waals surface area contributed by atoms with E-state index in [1.807, 2.05) is 0 Å². The number of halogens is 2. The van der Waals surface area contributed by atoms with Crippen molar-refractivity contribution in [3.05, 3.63) is 32.5 Å². The number of nitrogens with one attached hydrogen (secondary N) is 1. The van der Waals surface area contributed by atoms with E-state index in [1.165, 1.54) is 0 Å². The second-order valence-electron chi connectivity index (χ2n) is 3.49. The highest BCUT2D eigenvalue weighted by Crippen LogP contribution is 2.31. The molecule has 0 aliphatic rings. The van der Waals surface area contributed by atoms with E-state index in [9.17, 15) is 14.5 Å². The van der Waals surface area contributed by atoms with Crippen molar-refractivity contribution >= 4 is 27.3 Å². The van der Waals surface area contributed by atoms with Gasteiger partial charge in [0.25, 0.3) is 5.69 Å². The summed E-state index contributed by atoms with van der Waals surface area (Å²) in [5.74, 6) is 1.86. The lowest BCUT2D eigenvalue weighted by molar-refractivity contribution is -0.384. The fraction of sp³-hybridized carbons (Fsp3) is 0.273. The Kier molecular flexibility index (Phi) is 4.46. The van der Waals surface area contributed by atoms with Gasteiger partial charge in [0.2, 0.25) is 0 Å². The van der Waals surface area contributed by atoms with Gasteiger partial charge in [0.15, 0.2) is 0 Å². The molecule has 0 spiro atoms. The third-order valence-corrected chi connectivity index (χ3v) is 2.67. The maximum absolute atomic E-state index is 13.3. The molecule has 17 heavy (non-hydrogen) atoms. The molecule has 1 rings (SSSR count). The quantitative estimate of drug-likeness (QED) is 0.527. The first-order valence-corrected chi connectivity index (χ1v) is 5.58. The average molecular weight is 301 g/mol. The molecule has 1 aromatic rings. The highest BCUT2D eigenvalue weighted by Gasteiger charge is 2.18. The van der Waals surface area contributed by atoms with Crippen molar-refractivity contribution < 1.29 is 9.31 Å². The summed E-state index contributed by atoms with van der Waals surface area (Å²) in [6, 6.07) is 2.04. The number of rotatable bonds is 4. The fourth-order valence-corrected chi connectivity index (χ4v) is 1.63. The lowest BCUT2D eigenvalue weighted by Gasteiger charge is -2.13. The molecule has 0 amide bonds. The molecule has 0 saturated carbocycles. The van der Waals surface area contributed by atoms with Crippen LogP contribution >= 0.6 is 15.9 Å². The number of nitro groups is 1. The molecule has 1 N–H and O–H groups in total. The summed E-state index contributed by atoms with van der Waals surface area (Å²) in [4.78, 5) is 10.2. The molecular formula is C11H10BrFN2O2. The zero-order valence-electron chi connectivity index (χ0n) is 9.04. The molecule has 0 fully saturated rings. The zero-order valence-corrected chi connectivity index (χ0v) is 10.6. The number of hydrogen-bond acceptors (Lipinski definition) is 3. The van der Waals surface area contributed by atoms with Crippen LogP contribution in [0.5, 0.6) is 0 Å². The Morgan fingerprint density at radius 3 is 2.88 bits per heavy atom. The first-order chi connectivity index (χ1) is 7.95. The standard InChI is InChI=1S/C11H10BrFN2O2/c1-3-4-7(2)14-10-6-9(13)8(12)5-11(10)15(16)17/h1,5-7,14H,4H2,2H3. The Morgan fingerprint density at radius 1 is 1.71 bits per heavy atom. The van der Waals surface area contributed by atoms with E-state index in [2.05, 4.69) is 27.2 Å². The van der Waals surface area contributed by atoms with Crippen molar-refractivity contribution in [2.24, 2.45) is 0 Å². The van der Waals surface area contributed by atoms with Crippen molar-refractivity contribution in [1.82, 2.24) is 0 Å². The van der Waals surface area contributed by atoms with E-state index in [0.29, 0.717) is 6.42 Å². The van der Waals surface area contributed by atoms with Crippen LogP contribution in [0.3, 0.4) is 0 Å². The normalized spacial score (nSPS) is 11.6. The second kappa shape index (κ2) is 5.64. The summed E-state index contributed by atoms with van der Waals surface area (Å²) < 4.78 is 13.4. The number of terminal acetylenes is 1. The summed E-state index contributed by atoms with van der Waals surface area (Å²) in [5, 5.41) is 13.6. The molecule has 1 unspecified atom stereocenters. The lowest BCUT2D eigenvalue weighted by Crippen LogP contribution is -2.15. The average Bonchev–Trinajstić information content (AvgIpc) is 2.23. The van der Waals surface area contributed by atoms with Gasteiger partial charge in [-0.1, -0.05) is 0 Å². The van der Waals surface area contributed by atoms with Gasteiger partial charge in [-0.15, -0.1) is 12.3 Å². The van der Waals surface area contributed by atoms with E-state index in [4.69, 9.17) is 6.42 Å². The third kappa shape index (κ3) is 3.43. The Hall–Kier alpha value is -1.61. The Bertz CT molecular complexity index is 485.